The summed E-state index contributed by atoms with van der Waals surface area (Å²) in [5.41, 5.74) is 1.34. The minimum Gasteiger partial charge on any atom is -0.318 e. The average Bonchev–Trinajstić information content (AvgIpc) is 2.90. The number of nitrogens with one attached hydrogen (secondary N) is 1. The van der Waals surface area contributed by atoms with Crippen molar-refractivity contribution in [3.63, 3.8) is 0 Å². The SMILES string of the molecule is CNCC1(Sc2ccc(C)cc2)CC1. The topological polar surface area (TPSA) is 12.0 Å². The molecule has 14 heavy (non-hydrogen) atoms. The van der Waals surface area contributed by atoms with E-state index in [4.69, 9.17) is 0 Å². The Morgan fingerprint density at radius 1 is 1.29 bits per heavy atom. The number of hydrogen-bond donors (Lipinski definition) is 1. The van der Waals surface area contributed by atoms with Crippen molar-refractivity contribution < 1.29 is 0 Å². The van der Waals surface area contributed by atoms with Gasteiger partial charge in [0.25, 0.3) is 0 Å². The van der Waals surface area contributed by atoms with Crippen molar-refractivity contribution in [2.45, 2.75) is 29.4 Å². The Hall–Kier alpha value is -0.470. The quantitative estimate of drug-likeness (QED) is 0.815. The molecule has 1 N–H and O–H groups in total. The number of hydrogen-bond acceptors (Lipinski definition) is 2. The molecule has 1 aromatic carbocycles. The van der Waals surface area contributed by atoms with Gasteiger partial charge in [-0.05, 0) is 38.9 Å². The minimum atomic E-state index is 0.504. The standard InChI is InChI=1S/C12H17NS/c1-10-3-5-11(6-4-10)14-12(7-8-12)9-13-2/h3-6,13H,7-9H2,1-2H3. The molecule has 0 radical (unpaired) electrons. The van der Waals surface area contributed by atoms with Crippen LogP contribution in [0.1, 0.15) is 18.4 Å². The first-order valence-corrected chi connectivity index (χ1v) is 5.96. The van der Waals surface area contributed by atoms with E-state index in [2.05, 4.69) is 36.5 Å². The van der Waals surface area contributed by atoms with Gasteiger partial charge in [-0.3, -0.25) is 0 Å². The zero-order valence-electron chi connectivity index (χ0n) is 8.84. The molecular formula is C12H17NS. The lowest BCUT2D eigenvalue weighted by Gasteiger charge is -2.13. The Kier molecular flexibility index (Phi) is 2.84. The van der Waals surface area contributed by atoms with Crippen LogP contribution in [0.25, 0.3) is 0 Å². The van der Waals surface area contributed by atoms with Crippen molar-refractivity contribution in [2.75, 3.05) is 13.6 Å². The summed E-state index contributed by atoms with van der Waals surface area (Å²) >= 11 is 2.03. The molecule has 76 valence electrons. The van der Waals surface area contributed by atoms with E-state index in [1.165, 1.54) is 23.3 Å². The minimum absolute atomic E-state index is 0.504. The van der Waals surface area contributed by atoms with Crippen LogP contribution in [-0.2, 0) is 0 Å². The third kappa shape index (κ3) is 2.31. The summed E-state index contributed by atoms with van der Waals surface area (Å²) in [6.45, 7) is 3.26. The van der Waals surface area contributed by atoms with Gasteiger partial charge in [-0.2, -0.15) is 0 Å². The van der Waals surface area contributed by atoms with Crippen LogP contribution in [-0.4, -0.2) is 18.3 Å². The molecule has 2 rings (SSSR count). The smallest absolute Gasteiger partial charge is 0.0332 e. The zero-order valence-corrected chi connectivity index (χ0v) is 9.66. The molecule has 0 atom stereocenters. The summed E-state index contributed by atoms with van der Waals surface area (Å²) in [4.78, 5) is 1.41. The number of benzene rings is 1. The van der Waals surface area contributed by atoms with E-state index in [0.717, 1.165) is 6.54 Å². The first-order valence-electron chi connectivity index (χ1n) is 5.14. The van der Waals surface area contributed by atoms with Crippen molar-refractivity contribution in [3.05, 3.63) is 29.8 Å². The number of aryl methyl sites for hydroxylation is 1. The first kappa shape index (κ1) is 10.1. The van der Waals surface area contributed by atoms with Crippen LogP contribution >= 0.6 is 11.8 Å². The van der Waals surface area contributed by atoms with Gasteiger partial charge in [0.1, 0.15) is 0 Å². The molecule has 1 fully saturated rings. The van der Waals surface area contributed by atoms with Gasteiger partial charge in [0, 0.05) is 16.2 Å². The number of thioether (sulfide) groups is 1. The molecular weight excluding hydrogens is 190 g/mol. The number of rotatable bonds is 4. The van der Waals surface area contributed by atoms with Crippen LogP contribution in [0.15, 0.2) is 29.2 Å². The fourth-order valence-corrected chi connectivity index (χ4v) is 2.93. The summed E-state index contributed by atoms with van der Waals surface area (Å²) in [6, 6.07) is 8.85. The second-order valence-corrected chi connectivity index (χ2v) is 5.67. The van der Waals surface area contributed by atoms with Gasteiger partial charge in [-0.15, -0.1) is 11.8 Å². The fraction of sp³-hybridized carbons (Fsp3) is 0.500. The second-order valence-electron chi connectivity index (χ2n) is 4.13. The molecule has 0 amide bonds. The van der Waals surface area contributed by atoms with Crippen LogP contribution in [0.4, 0.5) is 0 Å². The maximum absolute atomic E-state index is 3.28. The molecule has 1 aromatic rings. The molecule has 2 heteroatoms. The van der Waals surface area contributed by atoms with Crippen LogP contribution in [0.2, 0.25) is 0 Å². The van der Waals surface area contributed by atoms with E-state index in [1.54, 1.807) is 0 Å². The summed E-state index contributed by atoms with van der Waals surface area (Å²) in [6.07, 6.45) is 2.71. The second kappa shape index (κ2) is 3.95. The third-order valence-corrected chi connectivity index (χ3v) is 4.16. The normalized spacial score (nSPS) is 18.1. The molecule has 0 unspecified atom stereocenters. The molecule has 1 nitrogen and oxygen atoms in total. The summed E-state index contributed by atoms with van der Waals surface area (Å²) in [7, 11) is 2.04. The van der Waals surface area contributed by atoms with Crippen molar-refractivity contribution >= 4 is 11.8 Å². The monoisotopic (exact) mass is 207 g/mol. The highest BCUT2D eigenvalue weighted by molar-refractivity contribution is 8.01. The molecule has 1 aliphatic carbocycles. The van der Waals surface area contributed by atoms with Gasteiger partial charge < -0.3 is 5.32 Å². The lowest BCUT2D eigenvalue weighted by molar-refractivity contribution is 0.752. The van der Waals surface area contributed by atoms with Crippen molar-refractivity contribution in [2.24, 2.45) is 0 Å². The molecule has 1 aliphatic rings. The van der Waals surface area contributed by atoms with Crippen LogP contribution < -0.4 is 5.32 Å². The van der Waals surface area contributed by atoms with Gasteiger partial charge in [0.15, 0.2) is 0 Å². The van der Waals surface area contributed by atoms with E-state index in [-0.39, 0.29) is 0 Å². The molecule has 0 heterocycles. The first-order chi connectivity index (χ1) is 6.74. The van der Waals surface area contributed by atoms with Crippen molar-refractivity contribution in [1.82, 2.24) is 5.32 Å². The third-order valence-electron chi connectivity index (χ3n) is 2.66. The maximum Gasteiger partial charge on any atom is 0.0332 e. The Morgan fingerprint density at radius 2 is 1.93 bits per heavy atom. The zero-order chi connectivity index (χ0) is 10.0. The van der Waals surface area contributed by atoms with E-state index in [0.29, 0.717) is 4.75 Å². The molecule has 1 saturated carbocycles. The van der Waals surface area contributed by atoms with Crippen LogP contribution in [0.3, 0.4) is 0 Å². The van der Waals surface area contributed by atoms with Crippen molar-refractivity contribution in [3.8, 4) is 0 Å². The Labute approximate surface area is 90.3 Å². The highest BCUT2D eigenvalue weighted by Gasteiger charge is 2.42. The lowest BCUT2D eigenvalue weighted by Crippen LogP contribution is -2.22. The van der Waals surface area contributed by atoms with E-state index in [1.807, 2.05) is 18.8 Å². The van der Waals surface area contributed by atoms with Crippen LogP contribution in [0.5, 0.6) is 0 Å². The van der Waals surface area contributed by atoms with Gasteiger partial charge in [0.2, 0.25) is 0 Å². The molecule has 0 bridgehead atoms. The van der Waals surface area contributed by atoms with E-state index in [9.17, 15) is 0 Å². The Morgan fingerprint density at radius 3 is 2.43 bits per heavy atom. The van der Waals surface area contributed by atoms with Gasteiger partial charge in [-0.1, -0.05) is 17.7 Å². The van der Waals surface area contributed by atoms with Gasteiger partial charge in [0.05, 0.1) is 0 Å². The molecule has 0 aromatic heterocycles. The molecule has 0 saturated heterocycles. The lowest BCUT2D eigenvalue weighted by atomic mass is 10.2. The summed E-state index contributed by atoms with van der Waals surface area (Å²) in [5, 5.41) is 3.28. The van der Waals surface area contributed by atoms with E-state index >= 15 is 0 Å². The Balaban J connectivity index is 2.00. The summed E-state index contributed by atoms with van der Waals surface area (Å²) < 4.78 is 0.504. The van der Waals surface area contributed by atoms with Crippen molar-refractivity contribution in [1.29, 1.82) is 0 Å². The van der Waals surface area contributed by atoms with Gasteiger partial charge >= 0.3 is 0 Å². The van der Waals surface area contributed by atoms with Crippen LogP contribution in [0, 0.1) is 6.92 Å². The van der Waals surface area contributed by atoms with Gasteiger partial charge in [-0.25, -0.2) is 0 Å². The maximum atomic E-state index is 3.28. The summed E-state index contributed by atoms with van der Waals surface area (Å²) in [5.74, 6) is 0. The van der Waals surface area contributed by atoms with E-state index < -0.39 is 0 Å². The Bertz CT molecular complexity index is 301. The highest BCUT2D eigenvalue weighted by atomic mass is 32.2. The molecule has 0 spiro atoms. The molecule has 0 aliphatic heterocycles. The predicted octanol–water partition coefficient (Wildman–Crippen LogP) is 2.84. The fourth-order valence-electron chi connectivity index (χ4n) is 1.63. The average molecular weight is 207 g/mol. The highest BCUT2D eigenvalue weighted by Crippen LogP contribution is 2.51. The predicted molar refractivity (Wildman–Crippen MR) is 62.9 cm³/mol. The largest absolute Gasteiger partial charge is 0.318 e.